The quantitative estimate of drug-likeness (QED) is 0.756. The fraction of sp³-hybridized carbons (Fsp3) is 0.286. The predicted octanol–water partition coefficient (Wildman–Crippen LogP) is 0.671. The zero-order valence-electron chi connectivity index (χ0n) is 11.6. The molecule has 114 valence electrons. The van der Waals surface area contributed by atoms with Crippen molar-refractivity contribution in [1.82, 2.24) is 9.88 Å². The van der Waals surface area contributed by atoms with Gasteiger partial charge in [0.25, 0.3) is 0 Å². The number of fused-ring (bicyclic) bond motifs is 1. The van der Waals surface area contributed by atoms with Gasteiger partial charge < -0.3 is 20.7 Å². The molecule has 4 N–H and O–H groups in total. The third-order valence-electron chi connectivity index (χ3n) is 3.17. The molecule has 0 aliphatic rings. The number of aliphatic carboxylic acids is 1. The van der Waals surface area contributed by atoms with Gasteiger partial charge in [-0.15, -0.1) is 12.4 Å². The second kappa shape index (κ2) is 7.10. The molecule has 0 unspecified atom stereocenters. The third-order valence-corrected chi connectivity index (χ3v) is 3.17. The Morgan fingerprint density at radius 1 is 1.38 bits per heavy atom. The van der Waals surface area contributed by atoms with Crippen molar-refractivity contribution in [2.45, 2.75) is 12.5 Å². The lowest BCUT2D eigenvalue weighted by atomic mass is 10.1. The number of nitrogens with one attached hydrogen (secondary N) is 1. The molecule has 2 aromatic rings. The van der Waals surface area contributed by atoms with Gasteiger partial charge in [-0.05, 0) is 18.1 Å². The van der Waals surface area contributed by atoms with E-state index in [1.54, 1.807) is 0 Å². The lowest BCUT2D eigenvalue weighted by Crippen LogP contribution is -2.43. The monoisotopic (exact) mass is 311 g/mol. The zero-order chi connectivity index (χ0) is 14.7. The van der Waals surface area contributed by atoms with Crippen LogP contribution in [0.2, 0.25) is 0 Å². The number of hydrogen-bond acceptors (Lipinski definition) is 3. The standard InChI is InChI=1S/C14H17N3O3.ClH/c1-17-8-9(10-4-2-3-5-12(10)17)6-11(15)14(20)16-7-13(18)19;/h2-5,8,11H,6-7,15H2,1H3,(H,16,20)(H,18,19);1H/t11-;/m1./s1. The van der Waals surface area contributed by atoms with E-state index in [0.717, 1.165) is 16.5 Å². The zero-order valence-corrected chi connectivity index (χ0v) is 12.4. The van der Waals surface area contributed by atoms with Crippen LogP contribution < -0.4 is 11.1 Å². The van der Waals surface area contributed by atoms with Crippen molar-refractivity contribution in [1.29, 1.82) is 0 Å². The number of carboxylic acid groups (broad SMARTS) is 1. The van der Waals surface area contributed by atoms with Crippen LogP contribution in [0.3, 0.4) is 0 Å². The van der Waals surface area contributed by atoms with Crippen LogP contribution in [0.25, 0.3) is 10.9 Å². The Balaban J connectivity index is 0.00000220. The van der Waals surface area contributed by atoms with Gasteiger partial charge in [0, 0.05) is 24.1 Å². The van der Waals surface area contributed by atoms with Gasteiger partial charge >= 0.3 is 5.97 Å². The molecule has 1 aromatic carbocycles. The number of benzene rings is 1. The van der Waals surface area contributed by atoms with Gasteiger partial charge in [0.1, 0.15) is 6.54 Å². The maximum atomic E-state index is 11.7. The van der Waals surface area contributed by atoms with Gasteiger partial charge in [-0.2, -0.15) is 0 Å². The van der Waals surface area contributed by atoms with Crippen molar-refractivity contribution in [2.24, 2.45) is 12.8 Å². The van der Waals surface area contributed by atoms with E-state index >= 15 is 0 Å². The van der Waals surface area contributed by atoms with Crippen LogP contribution in [0.15, 0.2) is 30.5 Å². The molecule has 0 saturated carbocycles. The fourth-order valence-corrected chi connectivity index (χ4v) is 2.21. The number of hydrogen-bond donors (Lipinski definition) is 3. The molecule has 0 bridgehead atoms. The Labute approximate surface area is 128 Å². The van der Waals surface area contributed by atoms with E-state index in [0.29, 0.717) is 6.42 Å². The normalized spacial score (nSPS) is 11.7. The number of para-hydroxylation sites is 1. The maximum absolute atomic E-state index is 11.7. The SMILES string of the molecule is Cl.Cn1cc(C[C@@H](N)C(=O)NCC(=O)O)c2ccccc21. The average molecular weight is 312 g/mol. The second-order valence-electron chi connectivity index (χ2n) is 4.70. The summed E-state index contributed by atoms with van der Waals surface area (Å²) < 4.78 is 1.98. The molecule has 0 fully saturated rings. The molecule has 1 heterocycles. The Hall–Kier alpha value is -2.05. The molecule has 2 rings (SSSR count). The number of aromatic nitrogens is 1. The summed E-state index contributed by atoms with van der Waals surface area (Å²) in [6.07, 6.45) is 2.31. The summed E-state index contributed by atoms with van der Waals surface area (Å²) in [4.78, 5) is 22.1. The van der Waals surface area contributed by atoms with Crippen LogP contribution in [-0.2, 0) is 23.1 Å². The minimum atomic E-state index is -1.09. The second-order valence-corrected chi connectivity index (χ2v) is 4.70. The molecule has 0 spiro atoms. The van der Waals surface area contributed by atoms with Gasteiger partial charge in [0.05, 0.1) is 6.04 Å². The van der Waals surface area contributed by atoms with Crippen LogP contribution in [-0.4, -0.2) is 34.1 Å². The molecule has 0 radical (unpaired) electrons. The highest BCUT2D eigenvalue weighted by Crippen LogP contribution is 2.21. The van der Waals surface area contributed by atoms with Crippen LogP contribution in [0.1, 0.15) is 5.56 Å². The van der Waals surface area contributed by atoms with E-state index in [1.807, 2.05) is 42.1 Å². The smallest absolute Gasteiger partial charge is 0.322 e. The maximum Gasteiger partial charge on any atom is 0.322 e. The highest BCUT2D eigenvalue weighted by Gasteiger charge is 2.17. The van der Waals surface area contributed by atoms with E-state index < -0.39 is 24.5 Å². The van der Waals surface area contributed by atoms with E-state index in [2.05, 4.69) is 5.32 Å². The predicted molar refractivity (Wildman–Crippen MR) is 82.5 cm³/mol. The molecular formula is C14H18ClN3O3. The number of halogens is 1. The number of nitrogens with two attached hydrogens (primary N) is 1. The number of carbonyl (C=O) groups is 2. The summed E-state index contributed by atoms with van der Waals surface area (Å²) in [6.45, 7) is -0.415. The van der Waals surface area contributed by atoms with E-state index in [1.165, 1.54) is 0 Å². The van der Waals surface area contributed by atoms with Gasteiger partial charge in [0.2, 0.25) is 5.91 Å². The van der Waals surface area contributed by atoms with Crippen molar-refractivity contribution in [2.75, 3.05) is 6.54 Å². The van der Waals surface area contributed by atoms with E-state index in [-0.39, 0.29) is 12.4 Å². The van der Waals surface area contributed by atoms with Gasteiger partial charge in [-0.3, -0.25) is 9.59 Å². The van der Waals surface area contributed by atoms with Gasteiger partial charge in [-0.25, -0.2) is 0 Å². The number of nitrogens with zero attached hydrogens (tertiary/aromatic N) is 1. The highest BCUT2D eigenvalue weighted by molar-refractivity contribution is 5.88. The summed E-state index contributed by atoms with van der Waals surface area (Å²) in [5.74, 6) is -1.55. The summed E-state index contributed by atoms with van der Waals surface area (Å²) >= 11 is 0. The Morgan fingerprint density at radius 2 is 2.05 bits per heavy atom. The number of rotatable bonds is 5. The van der Waals surface area contributed by atoms with Crippen LogP contribution in [0.5, 0.6) is 0 Å². The number of aryl methyl sites for hydroxylation is 1. The lowest BCUT2D eigenvalue weighted by Gasteiger charge is -2.10. The summed E-state index contributed by atoms with van der Waals surface area (Å²) in [5.41, 5.74) is 7.86. The minimum Gasteiger partial charge on any atom is -0.480 e. The number of amides is 1. The molecule has 1 amide bonds. The van der Waals surface area contributed by atoms with Gasteiger partial charge in [0.15, 0.2) is 0 Å². The number of carboxylic acids is 1. The summed E-state index contributed by atoms with van der Waals surface area (Å²) in [6, 6.07) is 7.09. The van der Waals surface area contributed by atoms with Gasteiger partial charge in [-0.1, -0.05) is 18.2 Å². The first-order valence-corrected chi connectivity index (χ1v) is 6.27. The molecule has 1 atom stereocenters. The Bertz CT molecular complexity index is 654. The first kappa shape index (κ1) is 17.0. The lowest BCUT2D eigenvalue weighted by molar-refractivity contribution is -0.138. The molecule has 6 nitrogen and oxygen atoms in total. The van der Waals surface area contributed by atoms with Crippen LogP contribution in [0.4, 0.5) is 0 Å². The largest absolute Gasteiger partial charge is 0.480 e. The molecular weight excluding hydrogens is 294 g/mol. The molecule has 0 aliphatic carbocycles. The number of carbonyl (C=O) groups excluding carboxylic acids is 1. The first-order valence-electron chi connectivity index (χ1n) is 6.27. The van der Waals surface area contributed by atoms with Crippen molar-refractivity contribution < 1.29 is 14.7 Å². The van der Waals surface area contributed by atoms with Crippen molar-refractivity contribution in [3.63, 3.8) is 0 Å². The fourth-order valence-electron chi connectivity index (χ4n) is 2.21. The van der Waals surface area contributed by atoms with Crippen molar-refractivity contribution in [3.8, 4) is 0 Å². The topological polar surface area (TPSA) is 97.4 Å². The average Bonchev–Trinajstić information content (AvgIpc) is 2.73. The summed E-state index contributed by atoms with van der Waals surface area (Å²) in [5, 5.41) is 11.9. The molecule has 0 aliphatic heterocycles. The Morgan fingerprint density at radius 3 is 2.71 bits per heavy atom. The van der Waals surface area contributed by atoms with E-state index in [9.17, 15) is 9.59 Å². The van der Waals surface area contributed by atoms with Crippen LogP contribution >= 0.6 is 12.4 Å². The Kier molecular flexibility index (Phi) is 5.75. The first-order chi connectivity index (χ1) is 9.49. The summed E-state index contributed by atoms with van der Waals surface area (Å²) in [7, 11) is 1.93. The highest BCUT2D eigenvalue weighted by atomic mass is 35.5. The molecule has 7 heteroatoms. The minimum absolute atomic E-state index is 0. The van der Waals surface area contributed by atoms with Crippen molar-refractivity contribution >= 4 is 35.2 Å². The van der Waals surface area contributed by atoms with Crippen LogP contribution in [0, 0.1) is 0 Å². The third kappa shape index (κ3) is 3.96. The molecule has 0 saturated heterocycles. The van der Waals surface area contributed by atoms with E-state index in [4.69, 9.17) is 10.8 Å². The molecule has 21 heavy (non-hydrogen) atoms. The molecule has 1 aromatic heterocycles. The van der Waals surface area contributed by atoms with Crippen molar-refractivity contribution in [3.05, 3.63) is 36.0 Å².